The summed E-state index contributed by atoms with van der Waals surface area (Å²) in [6.07, 6.45) is -4.86. The summed E-state index contributed by atoms with van der Waals surface area (Å²) in [5.41, 5.74) is -0.856. The van der Waals surface area contributed by atoms with Gasteiger partial charge in [-0.15, -0.1) is 0 Å². The van der Waals surface area contributed by atoms with Crippen LogP contribution >= 0.6 is 11.6 Å². The van der Waals surface area contributed by atoms with Gasteiger partial charge < -0.3 is 10.1 Å². The number of alkyl halides is 3. The molecule has 1 amide bonds. The number of carbonyl (C=O) groups excluding carboxylic acids is 1. The average Bonchev–Trinajstić information content (AvgIpc) is 2.80. The lowest BCUT2D eigenvalue weighted by molar-refractivity contribution is -0.137. The van der Waals surface area contributed by atoms with E-state index in [0.29, 0.717) is 11.6 Å². The van der Waals surface area contributed by atoms with Crippen LogP contribution in [-0.2, 0) is 27.4 Å². The van der Waals surface area contributed by atoms with Crippen LogP contribution in [0.3, 0.4) is 0 Å². The van der Waals surface area contributed by atoms with Crippen LogP contribution in [0.25, 0.3) is 0 Å². The van der Waals surface area contributed by atoms with E-state index in [1.165, 1.54) is 7.11 Å². The summed E-state index contributed by atoms with van der Waals surface area (Å²) >= 11 is 5.96. The zero-order valence-corrected chi connectivity index (χ0v) is 19.6. The molecule has 12 heteroatoms. The highest BCUT2D eigenvalue weighted by Gasteiger charge is 2.32. The summed E-state index contributed by atoms with van der Waals surface area (Å²) < 4.78 is 86.4. The molecule has 0 saturated carbocycles. The van der Waals surface area contributed by atoms with E-state index >= 15 is 0 Å². The van der Waals surface area contributed by atoms with Crippen LogP contribution in [0.4, 0.5) is 23.2 Å². The highest BCUT2D eigenvalue weighted by atomic mass is 35.5. The number of sulfonamides is 1. The van der Waals surface area contributed by atoms with Gasteiger partial charge in [0.25, 0.3) is 0 Å². The number of ether oxygens (including phenoxy) is 1. The standard InChI is InChI=1S/C23H19ClF4N2O4S/c1-34-20-10-8-16(25)13-21(20)35(32,33)30-19(11-14-5-3-2-4-6-14)22(31)29-18-12-15(23(26,27)28)7-9-17(18)24/h2-10,12-13,19,30H,11H2,1H3,(H,29,31). The number of anilines is 1. The van der Waals surface area contributed by atoms with Gasteiger partial charge in [-0.1, -0.05) is 41.9 Å². The molecule has 6 nitrogen and oxygen atoms in total. The van der Waals surface area contributed by atoms with Crippen molar-refractivity contribution < 1.29 is 35.5 Å². The molecule has 0 aromatic heterocycles. The van der Waals surface area contributed by atoms with Crippen LogP contribution in [-0.4, -0.2) is 27.5 Å². The molecule has 3 rings (SSSR count). The molecule has 1 unspecified atom stereocenters. The molecular formula is C23H19ClF4N2O4S. The monoisotopic (exact) mass is 530 g/mol. The van der Waals surface area contributed by atoms with Crippen LogP contribution in [0, 0.1) is 5.82 Å². The molecule has 0 heterocycles. The first-order valence-electron chi connectivity index (χ1n) is 9.98. The van der Waals surface area contributed by atoms with Gasteiger partial charge in [-0.05, 0) is 48.4 Å². The molecule has 3 aromatic rings. The van der Waals surface area contributed by atoms with Crippen molar-refractivity contribution in [3.63, 3.8) is 0 Å². The summed E-state index contributed by atoms with van der Waals surface area (Å²) in [4.78, 5) is 12.5. The topological polar surface area (TPSA) is 84.5 Å². The number of rotatable bonds is 8. The van der Waals surface area contributed by atoms with Gasteiger partial charge in [-0.25, -0.2) is 12.8 Å². The van der Waals surface area contributed by atoms with E-state index in [0.717, 1.165) is 30.3 Å². The number of nitrogens with one attached hydrogen (secondary N) is 2. The first-order chi connectivity index (χ1) is 16.4. The van der Waals surface area contributed by atoms with Gasteiger partial charge in [0.05, 0.1) is 23.4 Å². The van der Waals surface area contributed by atoms with Crippen molar-refractivity contribution in [2.45, 2.75) is 23.5 Å². The summed E-state index contributed by atoms with van der Waals surface area (Å²) in [5, 5.41) is 2.07. The Hall–Kier alpha value is -3.15. The first-order valence-corrected chi connectivity index (χ1v) is 11.8. The minimum Gasteiger partial charge on any atom is -0.495 e. The molecule has 0 aliphatic heterocycles. The zero-order valence-electron chi connectivity index (χ0n) is 18.1. The summed E-state index contributed by atoms with van der Waals surface area (Å²) in [6.45, 7) is 0. The first kappa shape index (κ1) is 26.5. The highest BCUT2D eigenvalue weighted by Crippen LogP contribution is 2.34. The normalized spacial score (nSPS) is 12.7. The van der Waals surface area contributed by atoms with E-state index in [9.17, 15) is 30.8 Å². The second-order valence-corrected chi connectivity index (χ2v) is 9.43. The molecule has 0 radical (unpaired) electrons. The molecule has 0 aliphatic carbocycles. The molecule has 0 aliphatic rings. The molecule has 3 aromatic carbocycles. The summed E-state index contributed by atoms with van der Waals surface area (Å²) in [6, 6.07) is 12.0. The molecule has 0 bridgehead atoms. The Labute approximate surface area is 203 Å². The van der Waals surface area contributed by atoms with Crippen LogP contribution in [0.2, 0.25) is 5.02 Å². The van der Waals surface area contributed by atoms with Crippen LogP contribution in [0.15, 0.2) is 71.6 Å². The fourth-order valence-corrected chi connectivity index (χ4v) is 4.71. The SMILES string of the molecule is COc1ccc(F)cc1S(=O)(=O)NC(Cc1ccccc1)C(=O)Nc1cc(C(F)(F)F)ccc1Cl. The number of amides is 1. The van der Waals surface area contributed by atoms with Gasteiger partial charge >= 0.3 is 6.18 Å². The Bertz CT molecular complexity index is 1320. The second-order valence-electron chi connectivity index (χ2n) is 7.34. The number of benzene rings is 3. The summed E-state index contributed by atoms with van der Waals surface area (Å²) in [7, 11) is -3.32. The number of hydrogen-bond acceptors (Lipinski definition) is 4. The fourth-order valence-electron chi connectivity index (χ4n) is 3.17. The largest absolute Gasteiger partial charge is 0.495 e. The third-order valence-electron chi connectivity index (χ3n) is 4.86. The van der Waals surface area contributed by atoms with Crippen LogP contribution in [0.1, 0.15) is 11.1 Å². The van der Waals surface area contributed by atoms with Crippen molar-refractivity contribution in [1.29, 1.82) is 0 Å². The molecule has 0 spiro atoms. The molecule has 2 N–H and O–H groups in total. The van der Waals surface area contributed by atoms with E-state index < -0.39 is 44.4 Å². The molecular weight excluding hydrogens is 512 g/mol. The maximum absolute atomic E-state index is 13.8. The van der Waals surface area contributed by atoms with Gasteiger partial charge in [-0.3, -0.25) is 4.79 Å². The van der Waals surface area contributed by atoms with Crippen molar-refractivity contribution in [1.82, 2.24) is 4.72 Å². The fraction of sp³-hybridized carbons (Fsp3) is 0.174. The maximum atomic E-state index is 13.8. The third-order valence-corrected chi connectivity index (χ3v) is 6.69. The minimum atomic E-state index is -4.69. The van der Waals surface area contributed by atoms with Crippen molar-refractivity contribution >= 4 is 33.2 Å². The zero-order chi connectivity index (χ0) is 25.8. The number of carbonyl (C=O) groups is 1. The van der Waals surface area contributed by atoms with Gasteiger partial charge in [0.15, 0.2) is 0 Å². The van der Waals surface area contributed by atoms with E-state index in [1.807, 2.05) is 0 Å². The van der Waals surface area contributed by atoms with Crippen LogP contribution < -0.4 is 14.8 Å². The Morgan fingerprint density at radius 1 is 1.06 bits per heavy atom. The average molecular weight is 531 g/mol. The molecule has 0 fully saturated rings. The second kappa shape index (κ2) is 10.6. The van der Waals surface area contributed by atoms with Gasteiger partial charge in [0.1, 0.15) is 22.5 Å². The number of hydrogen-bond donors (Lipinski definition) is 2. The predicted octanol–water partition coefficient (Wildman–Crippen LogP) is 5.03. The van der Waals surface area contributed by atoms with Gasteiger partial charge in [-0.2, -0.15) is 17.9 Å². The maximum Gasteiger partial charge on any atom is 0.416 e. The van der Waals surface area contributed by atoms with Crippen LogP contribution in [0.5, 0.6) is 5.75 Å². The highest BCUT2D eigenvalue weighted by molar-refractivity contribution is 7.89. The lowest BCUT2D eigenvalue weighted by Crippen LogP contribution is -2.45. The lowest BCUT2D eigenvalue weighted by Gasteiger charge is -2.20. The number of methoxy groups -OCH3 is 1. The lowest BCUT2D eigenvalue weighted by atomic mass is 10.1. The van der Waals surface area contributed by atoms with Gasteiger partial charge in [0, 0.05) is 0 Å². The van der Waals surface area contributed by atoms with Gasteiger partial charge in [0.2, 0.25) is 15.9 Å². The predicted molar refractivity (Wildman–Crippen MR) is 122 cm³/mol. The van der Waals surface area contributed by atoms with Crippen molar-refractivity contribution in [2.75, 3.05) is 12.4 Å². The van der Waals surface area contributed by atoms with E-state index in [1.54, 1.807) is 30.3 Å². The molecule has 35 heavy (non-hydrogen) atoms. The molecule has 186 valence electrons. The molecule has 1 atom stereocenters. The quantitative estimate of drug-likeness (QED) is 0.400. The van der Waals surface area contributed by atoms with Crippen molar-refractivity contribution in [3.05, 3.63) is 88.7 Å². The smallest absolute Gasteiger partial charge is 0.416 e. The molecule has 0 saturated heterocycles. The Morgan fingerprint density at radius 2 is 1.74 bits per heavy atom. The van der Waals surface area contributed by atoms with Crippen molar-refractivity contribution in [2.24, 2.45) is 0 Å². The Morgan fingerprint density at radius 3 is 2.37 bits per heavy atom. The van der Waals surface area contributed by atoms with E-state index in [-0.39, 0.29) is 22.9 Å². The van der Waals surface area contributed by atoms with Crippen molar-refractivity contribution in [3.8, 4) is 5.75 Å². The summed E-state index contributed by atoms with van der Waals surface area (Å²) in [5.74, 6) is -2.00. The third kappa shape index (κ3) is 6.71. The Balaban J connectivity index is 1.96. The Kier molecular flexibility index (Phi) is 8.04. The van der Waals surface area contributed by atoms with E-state index in [2.05, 4.69) is 10.0 Å². The minimum absolute atomic E-state index is 0.167. The number of halogens is 5. The van der Waals surface area contributed by atoms with E-state index in [4.69, 9.17) is 16.3 Å².